The summed E-state index contributed by atoms with van der Waals surface area (Å²) in [5, 5.41) is 6.10. The lowest BCUT2D eigenvalue weighted by Gasteiger charge is -2.19. The quantitative estimate of drug-likeness (QED) is 0.879. The van der Waals surface area contributed by atoms with Crippen LogP contribution in [0.5, 0.6) is 0 Å². The van der Waals surface area contributed by atoms with Gasteiger partial charge in [0.2, 0.25) is 0 Å². The second-order valence-corrected chi connectivity index (χ2v) is 6.97. The van der Waals surface area contributed by atoms with Crippen LogP contribution in [0.15, 0.2) is 24.4 Å². The van der Waals surface area contributed by atoms with Crippen molar-refractivity contribution in [2.45, 2.75) is 37.8 Å². The molecular formula is C18H18F3N3O. The van der Waals surface area contributed by atoms with Gasteiger partial charge in [0.1, 0.15) is 0 Å². The van der Waals surface area contributed by atoms with Gasteiger partial charge in [0, 0.05) is 18.9 Å². The number of nitrogens with one attached hydrogen (secondary N) is 1. The number of carbonyl (C=O) groups excluding carboxylic acids is 1. The van der Waals surface area contributed by atoms with E-state index in [0.29, 0.717) is 23.4 Å². The molecule has 1 aromatic carbocycles. The summed E-state index contributed by atoms with van der Waals surface area (Å²) >= 11 is 0. The van der Waals surface area contributed by atoms with Crippen molar-refractivity contribution in [3.63, 3.8) is 0 Å². The third-order valence-corrected chi connectivity index (χ3v) is 5.56. The zero-order valence-corrected chi connectivity index (χ0v) is 13.9. The highest BCUT2D eigenvalue weighted by atomic mass is 19.4. The van der Waals surface area contributed by atoms with Crippen LogP contribution in [0.1, 0.15) is 58.8 Å². The zero-order valence-electron chi connectivity index (χ0n) is 13.9. The third-order valence-electron chi connectivity index (χ3n) is 5.56. The molecule has 3 unspecified atom stereocenters. The van der Waals surface area contributed by atoms with Crippen molar-refractivity contribution in [1.82, 2.24) is 9.78 Å². The van der Waals surface area contributed by atoms with Crippen LogP contribution >= 0.6 is 0 Å². The van der Waals surface area contributed by atoms with E-state index < -0.39 is 23.3 Å². The Morgan fingerprint density at radius 1 is 1.28 bits per heavy atom. The number of amides is 1. The van der Waals surface area contributed by atoms with Crippen molar-refractivity contribution in [2.24, 2.45) is 13.0 Å². The average molecular weight is 349 g/mol. The monoisotopic (exact) mass is 349 g/mol. The lowest BCUT2D eigenvalue weighted by molar-refractivity contribution is -0.141. The summed E-state index contributed by atoms with van der Waals surface area (Å²) in [6.07, 6.45) is -1.36. The summed E-state index contributed by atoms with van der Waals surface area (Å²) in [6.45, 7) is 2.21. The van der Waals surface area contributed by atoms with Gasteiger partial charge >= 0.3 is 6.18 Å². The van der Waals surface area contributed by atoms with Crippen LogP contribution in [0, 0.1) is 5.92 Å². The van der Waals surface area contributed by atoms with Gasteiger partial charge in [-0.05, 0) is 47.8 Å². The summed E-state index contributed by atoms with van der Waals surface area (Å²) in [4.78, 5) is 12.5. The van der Waals surface area contributed by atoms with Crippen LogP contribution in [0.4, 0.5) is 18.9 Å². The first-order valence-corrected chi connectivity index (χ1v) is 8.32. The molecule has 1 fully saturated rings. The second kappa shape index (κ2) is 5.34. The minimum Gasteiger partial charge on any atom is -0.322 e. The summed E-state index contributed by atoms with van der Waals surface area (Å²) in [7, 11) is 1.37. The van der Waals surface area contributed by atoms with Gasteiger partial charge in [-0.2, -0.15) is 18.3 Å². The number of halogens is 3. The molecule has 2 aliphatic rings. The highest BCUT2D eigenvalue weighted by Gasteiger charge is 2.45. The normalized spacial score (nSPS) is 24.4. The summed E-state index contributed by atoms with van der Waals surface area (Å²) in [5.74, 6) is 0.592. The Kier molecular flexibility index (Phi) is 3.46. The molecule has 132 valence electrons. The first kappa shape index (κ1) is 16.2. The van der Waals surface area contributed by atoms with Crippen molar-refractivity contribution in [3.05, 3.63) is 46.8 Å². The molecule has 1 amide bonds. The lowest BCUT2D eigenvalue weighted by Crippen LogP contribution is -2.19. The van der Waals surface area contributed by atoms with Crippen molar-refractivity contribution < 1.29 is 18.0 Å². The van der Waals surface area contributed by atoms with E-state index in [-0.39, 0.29) is 0 Å². The van der Waals surface area contributed by atoms with Crippen molar-refractivity contribution in [3.8, 4) is 0 Å². The number of fused-ring (bicyclic) bond motifs is 5. The van der Waals surface area contributed by atoms with E-state index in [9.17, 15) is 18.0 Å². The number of aryl methyl sites for hydroxylation is 1. The molecule has 2 bridgehead atoms. The van der Waals surface area contributed by atoms with E-state index in [1.54, 1.807) is 6.07 Å². The Balaban J connectivity index is 1.69. The Bertz CT molecular complexity index is 856. The van der Waals surface area contributed by atoms with Gasteiger partial charge in [-0.3, -0.25) is 9.48 Å². The average Bonchev–Trinajstić information content (AvgIpc) is 3.18. The molecule has 2 aliphatic carbocycles. The highest BCUT2D eigenvalue weighted by Crippen LogP contribution is 2.58. The maximum Gasteiger partial charge on any atom is 0.435 e. The standard InChI is InChI=1S/C18H18F3N3O/c1-9-10-6-7-11(9)15-12(10)4-3-5-14(15)22-17(25)13-8-24(2)23-16(13)18(19,20)21/h3-5,8-11H,6-7H2,1-2H3,(H,22,25). The van der Waals surface area contributed by atoms with Crippen LogP contribution in [-0.4, -0.2) is 15.7 Å². The summed E-state index contributed by atoms with van der Waals surface area (Å²) in [5.41, 5.74) is 1.33. The Labute approximate surface area is 143 Å². The number of hydrogen-bond donors (Lipinski definition) is 1. The van der Waals surface area contributed by atoms with E-state index >= 15 is 0 Å². The topological polar surface area (TPSA) is 46.9 Å². The SMILES string of the molecule is CC1C2CCC1c1c(NC(=O)c3cn(C)nc3C(F)(F)F)cccc12. The fourth-order valence-electron chi connectivity index (χ4n) is 4.49. The van der Waals surface area contributed by atoms with Crippen LogP contribution in [0.25, 0.3) is 0 Å². The maximum absolute atomic E-state index is 13.1. The molecule has 1 N–H and O–H groups in total. The fourth-order valence-corrected chi connectivity index (χ4v) is 4.49. The fraction of sp³-hybridized carbons (Fsp3) is 0.444. The molecule has 2 aromatic rings. The van der Waals surface area contributed by atoms with Crippen LogP contribution in [0.3, 0.4) is 0 Å². The number of benzene rings is 1. The Morgan fingerprint density at radius 3 is 2.72 bits per heavy atom. The van der Waals surface area contributed by atoms with Crippen LogP contribution in [-0.2, 0) is 13.2 Å². The lowest BCUT2D eigenvalue weighted by atomic mass is 9.90. The van der Waals surface area contributed by atoms with Gasteiger partial charge in [0.15, 0.2) is 5.69 Å². The van der Waals surface area contributed by atoms with E-state index in [4.69, 9.17) is 0 Å². The molecule has 0 spiro atoms. The van der Waals surface area contributed by atoms with Gasteiger partial charge in [0.25, 0.3) is 5.91 Å². The molecule has 25 heavy (non-hydrogen) atoms. The summed E-state index contributed by atoms with van der Waals surface area (Å²) < 4.78 is 40.3. The first-order chi connectivity index (χ1) is 11.8. The first-order valence-electron chi connectivity index (χ1n) is 8.32. The van der Waals surface area contributed by atoms with Gasteiger partial charge in [-0.1, -0.05) is 19.1 Å². The van der Waals surface area contributed by atoms with Crippen molar-refractivity contribution in [1.29, 1.82) is 0 Å². The Hall–Kier alpha value is -2.31. The summed E-state index contributed by atoms with van der Waals surface area (Å²) in [6, 6.07) is 5.69. The van der Waals surface area contributed by atoms with E-state index in [1.807, 2.05) is 6.07 Å². The molecule has 1 aromatic heterocycles. The van der Waals surface area contributed by atoms with Crippen molar-refractivity contribution >= 4 is 11.6 Å². The van der Waals surface area contributed by atoms with E-state index in [1.165, 1.54) is 12.6 Å². The predicted molar refractivity (Wildman–Crippen MR) is 86.5 cm³/mol. The minimum atomic E-state index is -4.67. The molecule has 1 saturated carbocycles. The van der Waals surface area contributed by atoms with Crippen LogP contribution in [0.2, 0.25) is 0 Å². The molecule has 7 heteroatoms. The second-order valence-electron chi connectivity index (χ2n) is 6.97. The molecule has 4 nitrogen and oxygen atoms in total. The van der Waals surface area contributed by atoms with Gasteiger partial charge in [-0.25, -0.2) is 0 Å². The van der Waals surface area contributed by atoms with Gasteiger partial charge < -0.3 is 5.32 Å². The predicted octanol–water partition coefficient (Wildman–Crippen LogP) is 4.30. The molecule has 0 aliphatic heterocycles. The van der Waals surface area contributed by atoms with Crippen molar-refractivity contribution in [2.75, 3.05) is 5.32 Å². The molecule has 0 saturated heterocycles. The number of alkyl halides is 3. The number of anilines is 1. The molecular weight excluding hydrogens is 331 g/mol. The Morgan fingerprint density at radius 2 is 2.00 bits per heavy atom. The van der Waals surface area contributed by atoms with Gasteiger partial charge in [0.05, 0.1) is 5.56 Å². The number of rotatable bonds is 2. The largest absolute Gasteiger partial charge is 0.435 e. The maximum atomic E-state index is 13.1. The minimum absolute atomic E-state index is 0.368. The van der Waals surface area contributed by atoms with E-state index in [0.717, 1.165) is 29.3 Å². The van der Waals surface area contributed by atoms with E-state index in [2.05, 4.69) is 23.4 Å². The number of carbonyl (C=O) groups is 1. The molecule has 3 atom stereocenters. The molecule has 1 heterocycles. The third kappa shape index (κ3) is 2.44. The smallest absolute Gasteiger partial charge is 0.322 e. The molecule has 0 radical (unpaired) electrons. The highest BCUT2D eigenvalue weighted by molar-refractivity contribution is 6.05. The number of hydrogen-bond acceptors (Lipinski definition) is 2. The molecule has 4 rings (SSSR count). The van der Waals surface area contributed by atoms with Crippen LogP contribution < -0.4 is 5.32 Å². The number of aromatic nitrogens is 2. The number of nitrogens with zero attached hydrogens (tertiary/aromatic N) is 2. The van der Waals surface area contributed by atoms with Gasteiger partial charge in [-0.15, -0.1) is 0 Å². The zero-order chi connectivity index (χ0) is 17.9.